The van der Waals surface area contributed by atoms with E-state index in [1.807, 2.05) is 6.08 Å². The Kier molecular flexibility index (Phi) is 2.65. The van der Waals surface area contributed by atoms with Gasteiger partial charge in [-0.2, -0.15) is 0 Å². The first-order chi connectivity index (χ1) is 8.26. The molecular formula is C14H20O3. The van der Waals surface area contributed by atoms with Crippen molar-refractivity contribution in [2.75, 3.05) is 19.8 Å². The van der Waals surface area contributed by atoms with Crippen LogP contribution < -0.4 is 0 Å². The highest BCUT2D eigenvalue weighted by molar-refractivity contribution is 5.23. The van der Waals surface area contributed by atoms with Gasteiger partial charge in [0.25, 0.3) is 0 Å². The zero-order chi connectivity index (χ0) is 11.9. The summed E-state index contributed by atoms with van der Waals surface area (Å²) in [6, 6.07) is 0. The number of aliphatic hydroxyl groups excluding tert-OH is 1. The average Bonchev–Trinajstić information content (AvgIpc) is 2.80. The average molecular weight is 236 g/mol. The van der Waals surface area contributed by atoms with Gasteiger partial charge in [-0.3, -0.25) is 0 Å². The van der Waals surface area contributed by atoms with Crippen molar-refractivity contribution in [3.63, 3.8) is 0 Å². The molecule has 1 aliphatic heterocycles. The minimum absolute atomic E-state index is 0.198. The van der Waals surface area contributed by atoms with Gasteiger partial charge in [0.2, 0.25) is 0 Å². The van der Waals surface area contributed by atoms with Crippen molar-refractivity contribution in [1.29, 1.82) is 0 Å². The summed E-state index contributed by atoms with van der Waals surface area (Å²) >= 11 is 0. The molecular weight excluding hydrogens is 216 g/mol. The molecule has 0 unspecified atom stereocenters. The van der Waals surface area contributed by atoms with E-state index in [0.717, 1.165) is 19.3 Å². The van der Waals surface area contributed by atoms with Gasteiger partial charge in [0.05, 0.1) is 18.6 Å². The molecule has 3 nitrogen and oxygen atoms in total. The summed E-state index contributed by atoms with van der Waals surface area (Å²) in [7, 11) is 0. The number of rotatable bonds is 3. The Morgan fingerprint density at radius 1 is 1.41 bits per heavy atom. The first-order valence-corrected chi connectivity index (χ1v) is 6.45. The Morgan fingerprint density at radius 3 is 2.82 bits per heavy atom. The van der Waals surface area contributed by atoms with E-state index in [1.54, 1.807) is 0 Å². The minimum atomic E-state index is -0.508. The fourth-order valence-corrected chi connectivity index (χ4v) is 3.93. The van der Waals surface area contributed by atoms with E-state index >= 15 is 0 Å². The van der Waals surface area contributed by atoms with E-state index in [1.165, 1.54) is 0 Å². The van der Waals surface area contributed by atoms with Gasteiger partial charge < -0.3 is 14.6 Å². The van der Waals surface area contributed by atoms with Crippen LogP contribution in [-0.2, 0) is 9.47 Å². The third-order valence-electron chi connectivity index (χ3n) is 4.68. The number of ether oxygens (including phenoxy) is 2. The molecule has 2 bridgehead atoms. The summed E-state index contributed by atoms with van der Waals surface area (Å²) in [5.41, 5.74) is -0.214. The number of allylic oxidation sites excluding steroid dienone is 2. The first-order valence-electron chi connectivity index (χ1n) is 6.45. The van der Waals surface area contributed by atoms with Crippen molar-refractivity contribution >= 4 is 0 Å². The van der Waals surface area contributed by atoms with Crippen molar-refractivity contribution in [3.8, 4) is 0 Å². The maximum absolute atomic E-state index is 9.67. The Morgan fingerprint density at radius 2 is 2.18 bits per heavy atom. The van der Waals surface area contributed by atoms with E-state index in [-0.39, 0.29) is 17.9 Å². The predicted octanol–water partition coefficient (Wildman–Crippen LogP) is 1.88. The Balaban J connectivity index is 2.05. The maximum atomic E-state index is 9.67. The Bertz CT molecular complexity index is 343. The molecule has 0 radical (unpaired) electrons. The third kappa shape index (κ3) is 1.39. The number of aliphatic hydroxyl groups is 1. The van der Waals surface area contributed by atoms with Crippen LogP contribution in [0.5, 0.6) is 0 Å². The topological polar surface area (TPSA) is 38.7 Å². The second-order valence-corrected chi connectivity index (χ2v) is 5.42. The van der Waals surface area contributed by atoms with Crippen LogP contribution in [-0.4, -0.2) is 30.7 Å². The van der Waals surface area contributed by atoms with Gasteiger partial charge in [-0.25, -0.2) is 0 Å². The zero-order valence-electron chi connectivity index (χ0n) is 10.1. The molecule has 0 aromatic rings. The van der Waals surface area contributed by atoms with E-state index in [9.17, 15) is 5.11 Å². The molecule has 2 fully saturated rings. The molecule has 3 heteroatoms. The van der Waals surface area contributed by atoms with Crippen molar-refractivity contribution in [3.05, 3.63) is 24.8 Å². The first kappa shape index (κ1) is 11.5. The van der Waals surface area contributed by atoms with Gasteiger partial charge in [0, 0.05) is 13.0 Å². The van der Waals surface area contributed by atoms with Gasteiger partial charge in [0.15, 0.2) is 5.79 Å². The summed E-state index contributed by atoms with van der Waals surface area (Å²) in [6.45, 7) is 5.39. The van der Waals surface area contributed by atoms with Crippen molar-refractivity contribution in [2.45, 2.75) is 25.0 Å². The SMILES string of the molecule is C=CC[C@]12C=C[C@H](C[C@@H]1CO)CC21OCCO1. The fraction of sp³-hybridized carbons (Fsp3) is 0.714. The smallest absolute Gasteiger partial charge is 0.178 e. The lowest BCUT2D eigenvalue weighted by atomic mass is 9.54. The summed E-state index contributed by atoms with van der Waals surface area (Å²) in [6.07, 6.45) is 9.18. The third-order valence-corrected chi connectivity index (χ3v) is 4.68. The van der Waals surface area contributed by atoms with Crippen LogP contribution in [0.1, 0.15) is 19.3 Å². The van der Waals surface area contributed by atoms with Crippen LogP contribution in [0.3, 0.4) is 0 Å². The van der Waals surface area contributed by atoms with E-state index in [2.05, 4.69) is 18.7 Å². The van der Waals surface area contributed by atoms with Crippen LogP contribution >= 0.6 is 0 Å². The highest BCUT2D eigenvalue weighted by Crippen LogP contribution is 2.60. The van der Waals surface area contributed by atoms with Crippen LogP contribution in [0.2, 0.25) is 0 Å². The number of hydrogen-bond donors (Lipinski definition) is 1. The number of fused-ring (bicyclic) bond motifs is 1. The standard InChI is InChI=1S/C14H20O3/c1-2-4-13-5-3-11(8-12(13)10-15)9-14(13)16-6-7-17-14/h2-3,5,11-12,15H,1,4,6-10H2/t11-,12-,13+/m1/s1. The zero-order valence-corrected chi connectivity index (χ0v) is 10.1. The summed E-state index contributed by atoms with van der Waals surface area (Å²) < 4.78 is 11.9. The molecule has 0 aromatic heterocycles. The quantitative estimate of drug-likeness (QED) is 0.760. The van der Waals surface area contributed by atoms with Gasteiger partial charge in [-0.15, -0.1) is 6.58 Å². The molecule has 4 aliphatic rings. The molecule has 0 aromatic carbocycles. The van der Waals surface area contributed by atoms with Gasteiger partial charge in [0.1, 0.15) is 0 Å². The highest BCUT2D eigenvalue weighted by Gasteiger charge is 2.62. The fourth-order valence-electron chi connectivity index (χ4n) is 3.93. The van der Waals surface area contributed by atoms with Crippen molar-refractivity contribution in [1.82, 2.24) is 0 Å². The number of hydrogen-bond acceptors (Lipinski definition) is 3. The van der Waals surface area contributed by atoms with Crippen molar-refractivity contribution < 1.29 is 14.6 Å². The van der Waals surface area contributed by atoms with Gasteiger partial charge in [-0.1, -0.05) is 18.2 Å². The lowest BCUT2D eigenvalue weighted by Crippen LogP contribution is -2.59. The molecule has 0 amide bonds. The minimum Gasteiger partial charge on any atom is -0.396 e. The molecule has 3 aliphatic carbocycles. The van der Waals surface area contributed by atoms with Gasteiger partial charge in [-0.05, 0) is 24.7 Å². The lowest BCUT2D eigenvalue weighted by Gasteiger charge is -2.57. The normalized spacial score (nSPS) is 42.2. The van der Waals surface area contributed by atoms with Crippen LogP contribution in [0.15, 0.2) is 24.8 Å². The van der Waals surface area contributed by atoms with Crippen LogP contribution in [0.4, 0.5) is 0 Å². The largest absolute Gasteiger partial charge is 0.396 e. The van der Waals surface area contributed by atoms with E-state index < -0.39 is 5.79 Å². The Hall–Kier alpha value is -0.640. The molecule has 17 heavy (non-hydrogen) atoms. The molecule has 1 N–H and O–H groups in total. The molecule has 1 heterocycles. The molecule has 1 spiro atoms. The van der Waals surface area contributed by atoms with E-state index in [4.69, 9.17) is 9.47 Å². The van der Waals surface area contributed by atoms with Crippen molar-refractivity contribution in [2.24, 2.45) is 17.3 Å². The highest BCUT2D eigenvalue weighted by atomic mass is 16.7. The van der Waals surface area contributed by atoms with E-state index in [0.29, 0.717) is 19.1 Å². The van der Waals surface area contributed by atoms with Crippen LogP contribution in [0.25, 0.3) is 0 Å². The van der Waals surface area contributed by atoms with Gasteiger partial charge >= 0.3 is 0 Å². The van der Waals surface area contributed by atoms with Crippen LogP contribution in [0, 0.1) is 17.3 Å². The molecule has 4 rings (SSSR count). The second kappa shape index (κ2) is 3.94. The maximum Gasteiger partial charge on any atom is 0.178 e. The summed E-state index contributed by atoms with van der Waals surface area (Å²) in [4.78, 5) is 0. The summed E-state index contributed by atoms with van der Waals surface area (Å²) in [5, 5.41) is 9.67. The predicted molar refractivity (Wildman–Crippen MR) is 64.3 cm³/mol. The monoisotopic (exact) mass is 236 g/mol. The Labute approximate surface area is 102 Å². The second-order valence-electron chi connectivity index (χ2n) is 5.42. The lowest BCUT2D eigenvalue weighted by molar-refractivity contribution is -0.271. The summed E-state index contributed by atoms with van der Waals surface area (Å²) in [5.74, 6) is 0.200. The molecule has 3 atom stereocenters. The molecule has 1 saturated carbocycles. The molecule has 1 saturated heterocycles. The molecule has 94 valence electrons.